The number of hydrogen-bond donors (Lipinski definition) is 1. The van der Waals surface area contributed by atoms with Gasteiger partial charge in [-0.1, -0.05) is 13.0 Å². The highest BCUT2D eigenvalue weighted by molar-refractivity contribution is 5.99. The van der Waals surface area contributed by atoms with Crippen molar-refractivity contribution in [1.29, 1.82) is 0 Å². The maximum atomic E-state index is 11.7. The number of nitrogens with two attached hydrogens (primary N) is 1. The molecule has 2 N–H and O–H groups in total. The van der Waals surface area contributed by atoms with E-state index in [-0.39, 0.29) is 5.41 Å². The number of carbonyl (C=O) groups is 1. The Labute approximate surface area is 99.7 Å². The Bertz CT molecular complexity index is 512. The molecule has 4 nitrogen and oxygen atoms in total. The zero-order chi connectivity index (χ0) is 12.2. The summed E-state index contributed by atoms with van der Waals surface area (Å²) in [4.78, 5) is 11.7. The fourth-order valence-electron chi connectivity index (χ4n) is 2.72. The minimum Gasteiger partial charge on any atom is -0.492 e. The maximum absolute atomic E-state index is 11.7. The van der Waals surface area contributed by atoms with Crippen molar-refractivity contribution < 1.29 is 14.3 Å². The number of benzene rings is 1. The van der Waals surface area contributed by atoms with Crippen molar-refractivity contribution in [2.75, 3.05) is 19.5 Å². The number of ether oxygens (including phenoxy) is 2. The summed E-state index contributed by atoms with van der Waals surface area (Å²) >= 11 is 0. The van der Waals surface area contributed by atoms with E-state index in [1.807, 2.05) is 6.07 Å². The highest BCUT2D eigenvalue weighted by Crippen LogP contribution is 2.60. The molecule has 1 heterocycles. The van der Waals surface area contributed by atoms with E-state index >= 15 is 0 Å². The summed E-state index contributed by atoms with van der Waals surface area (Å²) in [5.74, 6) is 0.763. The van der Waals surface area contributed by atoms with Crippen LogP contribution in [0.2, 0.25) is 0 Å². The number of rotatable bonds is 1. The van der Waals surface area contributed by atoms with Gasteiger partial charge in [0.2, 0.25) is 0 Å². The van der Waals surface area contributed by atoms with Gasteiger partial charge in [0.1, 0.15) is 11.3 Å². The molecule has 1 aromatic rings. The van der Waals surface area contributed by atoms with Crippen molar-refractivity contribution >= 4 is 11.7 Å². The number of carbonyl (C=O) groups excluding carboxylic acids is 1. The Morgan fingerprint density at radius 2 is 2.35 bits per heavy atom. The molecule has 1 fully saturated rings. The Morgan fingerprint density at radius 1 is 1.59 bits per heavy atom. The van der Waals surface area contributed by atoms with E-state index in [0.717, 1.165) is 12.0 Å². The van der Waals surface area contributed by atoms with E-state index in [1.165, 1.54) is 7.11 Å². The van der Waals surface area contributed by atoms with Crippen molar-refractivity contribution in [3.05, 3.63) is 23.3 Å². The average molecular weight is 233 g/mol. The van der Waals surface area contributed by atoms with E-state index in [2.05, 4.69) is 6.92 Å². The van der Waals surface area contributed by atoms with Crippen LogP contribution >= 0.6 is 0 Å². The Morgan fingerprint density at radius 3 is 3.06 bits per heavy atom. The lowest BCUT2D eigenvalue weighted by Crippen LogP contribution is -2.21. The van der Waals surface area contributed by atoms with Gasteiger partial charge < -0.3 is 15.2 Å². The van der Waals surface area contributed by atoms with Gasteiger partial charge in [-0.2, -0.15) is 0 Å². The summed E-state index contributed by atoms with van der Waals surface area (Å²) in [6, 6.07) is 3.73. The first-order chi connectivity index (χ1) is 8.08. The van der Waals surface area contributed by atoms with Crippen LogP contribution in [0.3, 0.4) is 0 Å². The fourth-order valence-corrected chi connectivity index (χ4v) is 2.72. The van der Waals surface area contributed by atoms with Crippen molar-refractivity contribution in [3.8, 4) is 5.75 Å². The SMILES string of the molecule is COC(=O)c1c(N)ccc2c1OCC1CC21C. The zero-order valence-corrected chi connectivity index (χ0v) is 9.95. The van der Waals surface area contributed by atoms with Gasteiger partial charge in [0.05, 0.1) is 13.7 Å². The van der Waals surface area contributed by atoms with Gasteiger partial charge >= 0.3 is 5.97 Å². The molecule has 4 heteroatoms. The maximum Gasteiger partial charge on any atom is 0.343 e. The second-order valence-corrected chi connectivity index (χ2v) is 5.03. The van der Waals surface area contributed by atoms with Gasteiger partial charge in [0.25, 0.3) is 0 Å². The molecular formula is C13H15NO3. The van der Waals surface area contributed by atoms with Crippen LogP contribution in [0.15, 0.2) is 12.1 Å². The van der Waals surface area contributed by atoms with Gasteiger partial charge in [-0.25, -0.2) is 4.79 Å². The molecule has 17 heavy (non-hydrogen) atoms. The summed E-state index contributed by atoms with van der Waals surface area (Å²) in [6.45, 7) is 2.87. The Kier molecular flexibility index (Phi) is 1.94. The third-order valence-corrected chi connectivity index (χ3v) is 4.03. The average Bonchev–Trinajstić information content (AvgIpc) is 2.99. The zero-order valence-electron chi connectivity index (χ0n) is 9.95. The first kappa shape index (κ1) is 10.4. The van der Waals surface area contributed by atoms with Crippen LogP contribution in [-0.2, 0) is 10.2 Å². The van der Waals surface area contributed by atoms with Crippen molar-refractivity contribution in [2.24, 2.45) is 5.92 Å². The third kappa shape index (κ3) is 1.27. The van der Waals surface area contributed by atoms with E-state index in [1.54, 1.807) is 6.07 Å². The molecular weight excluding hydrogens is 218 g/mol. The van der Waals surface area contributed by atoms with Gasteiger partial charge in [0, 0.05) is 22.6 Å². The Hall–Kier alpha value is -1.71. The molecule has 0 spiro atoms. The number of fused-ring (bicyclic) bond motifs is 3. The molecule has 3 rings (SSSR count). The van der Waals surface area contributed by atoms with Crippen LogP contribution in [0.5, 0.6) is 5.75 Å². The van der Waals surface area contributed by atoms with Crippen molar-refractivity contribution in [3.63, 3.8) is 0 Å². The largest absolute Gasteiger partial charge is 0.492 e. The molecule has 0 bridgehead atoms. The number of esters is 1. The van der Waals surface area contributed by atoms with Crippen LogP contribution in [0, 0.1) is 5.92 Å². The number of methoxy groups -OCH3 is 1. The smallest absolute Gasteiger partial charge is 0.343 e. The molecule has 0 radical (unpaired) electrons. The molecule has 1 saturated carbocycles. The summed E-state index contributed by atoms with van der Waals surface area (Å²) in [5.41, 5.74) is 7.87. The highest BCUT2D eigenvalue weighted by atomic mass is 16.5. The normalized spacial score (nSPS) is 28.7. The number of anilines is 1. The highest BCUT2D eigenvalue weighted by Gasteiger charge is 2.56. The molecule has 0 aromatic heterocycles. The topological polar surface area (TPSA) is 61.5 Å². The van der Waals surface area contributed by atoms with Gasteiger partial charge in [0.15, 0.2) is 0 Å². The quantitative estimate of drug-likeness (QED) is 0.592. The van der Waals surface area contributed by atoms with Gasteiger partial charge in [-0.3, -0.25) is 0 Å². The molecule has 2 aliphatic rings. The van der Waals surface area contributed by atoms with E-state index in [0.29, 0.717) is 29.5 Å². The van der Waals surface area contributed by atoms with Crippen LogP contribution in [0.4, 0.5) is 5.69 Å². The van der Waals surface area contributed by atoms with Crippen LogP contribution in [0.1, 0.15) is 29.3 Å². The van der Waals surface area contributed by atoms with Crippen molar-refractivity contribution in [2.45, 2.75) is 18.8 Å². The summed E-state index contributed by atoms with van der Waals surface area (Å²) in [5, 5.41) is 0. The van der Waals surface area contributed by atoms with Gasteiger partial charge in [-0.05, 0) is 12.5 Å². The summed E-state index contributed by atoms with van der Waals surface area (Å²) in [7, 11) is 1.35. The van der Waals surface area contributed by atoms with E-state index < -0.39 is 5.97 Å². The van der Waals surface area contributed by atoms with Crippen LogP contribution < -0.4 is 10.5 Å². The van der Waals surface area contributed by atoms with Gasteiger partial charge in [-0.15, -0.1) is 0 Å². The lowest BCUT2D eigenvalue weighted by molar-refractivity contribution is 0.0596. The van der Waals surface area contributed by atoms with Crippen LogP contribution in [-0.4, -0.2) is 19.7 Å². The van der Waals surface area contributed by atoms with Crippen molar-refractivity contribution in [1.82, 2.24) is 0 Å². The molecule has 90 valence electrons. The molecule has 0 amide bonds. The minimum atomic E-state index is -0.429. The first-order valence-electron chi connectivity index (χ1n) is 5.72. The molecule has 0 saturated heterocycles. The molecule has 1 aliphatic carbocycles. The first-order valence-corrected chi connectivity index (χ1v) is 5.72. The lowest BCUT2D eigenvalue weighted by atomic mass is 9.90. The molecule has 2 atom stereocenters. The number of hydrogen-bond acceptors (Lipinski definition) is 4. The summed E-state index contributed by atoms with van der Waals surface area (Å²) in [6.07, 6.45) is 1.12. The Balaban J connectivity index is 2.19. The third-order valence-electron chi connectivity index (χ3n) is 4.03. The molecule has 1 aromatic carbocycles. The molecule has 1 aliphatic heterocycles. The second kappa shape index (κ2) is 3.15. The monoisotopic (exact) mass is 233 g/mol. The predicted molar refractivity (Wildman–Crippen MR) is 63.1 cm³/mol. The second-order valence-electron chi connectivity index (χ2n) is 5.03. The predicted octanol–water partition coefficient (Wildman–Crippen LogP) is 1.73. The lowest BCUT2D eigenvalue weighted by Gasteiger charge is -2.25. The number of nitrogen functional groups attached to an aromatic ring is 1. The standard InChI is InChI=1S/C13H15NO3/c1-13-5-7(13)6-17-11-8(13)3-4-9(14)10(11)12(15)16-2/h3-4,7H,5-6,14H2,1-2H3. The van der Waals surface area contributed by atoms with Crippen LogP contribution in [0.25, 0.3) is 0 Å². The fraction of sp³-hybridized carbons (Fsp3) is 0.462. The summed E-state index contributed by atoms with van der Waals surface area (Å²) < 4.78 is 10.5. The molecule has 2 unspecified atom stereocenters. The van der Waals surface area contributed by atoms with E-state index in [4.69, 9.17) is 15.2 Å². The van der Waals surface area contributed by atoms with E-state index in [9.17, 15) is 4.79 Å². The minimum absolute atomic E-state index is 0.157.